The van der Waals surface area contributed by atoms with Gasteiger partial charge in [-0.15, -0.1) is 17.9 Å². The van der Waals surface area contributed by atoms with E-state index < -0.39 is 0 Å². The first kappa shape index (κ1) is 12.0. The van der Waals surface area contributed by atoms with E-state index in [1.807, 2.05) is 7.05 Å². The third-order valence-electron chi connectivity index (χ3n) is 2.17. The van der Waals surface area contributed by atoms with E-state index in [-0.39, 0.29) is 0 Å². The molecular weight excluding hydrogens is 258 g/mol. The Bertz CT molecular complexity index is 306. The van der Waals surface area contributed by atoms with Gasteiger partial charge in [0.05, 0.1) is 0 Å². The lowest BCUT2D eigenvalue weighted by Gasteiger charge is -2.15. The van der Waals surface area contributed by atoms with Gasteiger partial charge in [0.15, 0.2) is 0 Å². The fraction of sp³-hybridized carbons (Fsp3) is 0.455. The molecule has 0 aromatic carbocycles. The number of allylic oxidation sites excluding steroid dienone is 1. The van der Waals surface area contributed by atoms with Gasteiger partial charge in [-0.2, -0.15) is 0 Å². The molecule has 1 atom stereocenters. The van der Waals surface area contributed by atoms with Crippen LogP contribution in [0.5, 0.6) is 0 Å². The van der Waals surface area contributed by atoms with Crippen molar-refractivity contribution in [3.63, 3.8) is 0 Å². The number of rotatable bonds is 5. The van der Waals surface area contributed by atoms with Crippen LogP contribution in [0.15, 0.2) is 28.1 Å². The number of hydrogen-bond acceptors (Lipinski definition) is 2. The topological polar surface area (TPSA) is 12.0 Å². The van der Waals surface area contributed by atoms with Crippen molar-refractivity contribution in [3.05, 3.63) is 32.9 Å². The van der Waals surface area contributed by atoms with Gasteiger partial charge in [-0.25, -0.2) is 0 Å². The van der Waals surface area contributed by atoms with Crippen molar-refractivity contribution in [3.8, 4) is 0 Å². The van der Waals surface area contributed by atoms with Gasteiger partial charge < -0.3 is 5.32 Å². The van der Waals surface area contributed by atoms with Crippen molar-refractivity contribution < 1.29 is 0 Å². The lowest BCUT2D eigenvalue weighted by atomic mass is 10.1. The van der Waals surface area contributed by atoms with Crippen molar-refractivity contribution in [2.75, 3.05) is 7.05 Å². The third kappa shape index (κ3) is 3.23. The molecule has 1 rings (SSSR count). The molecule has 0 saturated heterocycles. The molecule has 0 radical (unpaired) electrons. The first-order valence-electron chi connectivity index (χ1n) is 4.69. The molecule has 1 unspecified atom stereocenters. The molecule has 3 heteroatoms. The largest absolute Gasteiger partial charge is 0.312 e. The summed E-state index contributed by atoms with van der Waals surface area (Å²) in [5, 5.41) is 5.46. The summed E-state index contributed by atoms with van der Waals surface area (Å²) >= 11 is 5.36. The maximum Gasteiger partial charge on any atom is 0.0426 e. The van der Waals surface area contributed by atoms with Crippen molar-refractivity contribution in [1.29, 1.82) is 0 Å². The SMILES string of the molecule is C=C(C)CCC(NC)c1sccc1Br. The van der Waals surface area contributed by atoms with Gasteiger partial charge in [-0.3, -0.25) is 0 Å². The Kier molecular flexibility index (Phi) is 4.85. The summed E-state index contributed by atoms with van der Waals surface area (Å²) in [7, 11) is 2.01. The average Bonchev–Trinajstić information content (AvgIpc) is 2.53. The van der Waals surface area contributed by atoms with Crippen LogP contribution in [0.4, 0.5) is 0 Å². The minimum absolute atomic E-state index is 0.445. The molecule has 0 aliphatic carbocycles. The molecule has 78 valence electrons. The minimum Gasteiger partial charge on any atom is -0.312 e. The maximum atomic E-state index is 3.93. The Morgan fingerprint density at radius 3 is 2.86 bits per heavy atom. The van der Waals surface area contributed by atoms with Crippen molar-refractivity contribution in [1.82, 2.24) is 5.32 Å². The molecule has 1 nitrogen and oxygen atoms in total. The second kappa shape index (κ2) is 5.69. The van der Waals surface area contributed by atoms with Gasteiger partial charge in [-0.05, 0) is 54.2 Å². The van der Waals surface area contributed by atoms with Crippen LogP contribution >= 0.6 is 27.3 Å². The highest BCUT2D eigenvalue weighted by atomic mass is 79.9. The lowest BCUT2D eigenvalue weighted by Crippen LogP contribution is -2.15. The molecule has 0 aliphatic heterocycles. The number of halogens is 1. The van der Waals surface area contributed by atoms with Crippen LogP contribution < -0.4 is 5.32 Å². The van der Waals surface area contributed by atoms with Crippen LogP contribution in [0.25, 0.3) is 0 Å². The number of hydrogen-bond donors (Lipinski definition) is 1. The molecule has 14 heavy (non-hydrogen) atoms. The zero-order valence-corrected chi connectivity index (χ0v) is 11.0. The van der Waals surface area contributed by atoms with E-state index in [4.69, 9.17) is 0 Å². The molecule has 1 N–H and O–H groups in total. The van der Waals surface area contributed by atoms with Crippen molar-refractivity contribution in [2.45, 2.75) is 25.8 Å². The smallest absolute Gasteiger partial charge is 0.0426 e. The predicted octanol–water partition coefficient (Wildman–Crippen LogP) is 4.13. The molecule has 0 fully saturated rings. The fourth-order valence-corrected chi connectivity index (χ4v) is 3.15. The first-order chi connectivity index (χ1) is 6.65. The molecular formula is C11H16BrNS. The number of thiophene rings is 1. The molecule has 1 aromatic heterocycles. The lowest BCUT2D eigenvalue weighted by molar-refractivity contribution is 0.555. The monoisotopic (exact) mass is 273 g/mol. The Morgan fingerprint density at radius 2 is 2.43 bits per heavy atom. The Hall–Kier alpha value is -0.120. The van der Waals surface area contributed by atoms with Gasteiger partial charge >= 0.3 is 0 Å². The highest BCUT2D eigenvalue weighted by molar-refractivity contribution is 9.10. The molecule has 0 aliphatic rings. The molecule has 0 amide bonds. The standard InChI is InChI=1S/C11H16BrNS/c1-8(2)4-5-10(13-3)11-9(12)6-7-14-11/h6-7,10,13H,1,4-5H2,2-3H3. The van der Waals surface area contributed by atoms with Gasteiger partial charge in [0.1, 0.15) is 0 Å². The van der Waals surface area contributed by atoms with E-state index in [0.29, 0.717) is 6.04 Å². The van der Waals surface area contributed by atoms with Gasteiger partial charge in [0, 0.05) is 15.4 Å². The first-order valence-corrected chi connectivity index (χ1v) is 6.37. The van der Waals surface area contributed by atoms with E-state index in [1.165, 1.54) is 14.9 Å². The fourth-order valence-electron chi connectivity index (χ4n) is 1.35. The number of nitrogens with one attached hydrogen (secondary N) is 1. The Morgan fingerprint density at radius 1 is 1.71 bits per heavy atom. The van der Waals surface area contributed by atoms with E-state index in [9.17, 15) is 0 Å². The molecule has 0 saturated carbocycles. The summed E-state index contributed by atoms with van der Waals surface area (Å²) in [6, 6.07) is 2.55. The summed E-state index contributed by atoms with van der Waals surface area (Å²) in [5.74, 6) is 0. The highest BCUT2D eigenvalue weighted by Gasteiger charge is 2.13. The van der Waals surface area contributed by atoms with Crippen LogP contribution in [0.2, 0.25) is 0 Å². The van der Waals surface area contributed by atoms with E-state index >= 15 is 0 Å². The zero-order valence-electron chi connectivity index (χ0n) is 8.64. The van der Waals surface area contributed by atoms with Crippen LogP contribution in [-0.2, 0) is 0 Å². The second-order valence-electron chi connectivity index (χ2n) is 3.47. The van der Waals surface area contributed by atoms with Gasteiger partial charge in [0.2, 0.25) is 0 Å². The Balaban J connectivity index is 2.63. The van der Waals surface area contributed by atoms with Crippen LogP contribution in [-0.4, -0.2) is 7.05 Å². The van der Waals surface area contributed by atoms with Crippen molar-refractivity contribution in [2.24, 2.45) is 0 Å². The minimum atomic E-state index is 0.445. The summed E-state index contributed by atoms with van der Waals surface area (Å²) in [6.07, 6.45) is 2.20. The van der Waals surface area contributed by atoms with E-state index in [0.717, 1.165) is 12.8 Å². The highest BCUT2D eigenvalue weighted by Crippen LogP contribution is 2.31. The quantitative estimate of drug-likeness (QED) is 0.796. The van der Waals surface area contributed by atoms with Crippen LogP contribution in [0.3, 0.4) is 0 Å². The van der Waals surface area contributed by atoms with E-state index in [2.05, 4.69) is 46.2 Å². The summed E-state index contributed by atoms with van der Waals surface area (Å²) in [5.41, 5.74) is 1.25. The Labute approximate surface area is 98.4 Å². The predicted molar refractivity (Wildman–Crippen MR) is 67.9 cm³/mol. The summed E-state index contributed by atoms with van der Waals surface area (Å²) in [6.45, 7) is 6.01. The normalized spacial score (nSPS) is 12.8. The van der Waals surface area contributed by atoms with Crippen LogP contribution in [0.1, 0.15) is 30.7 Å². The summed E-state index contributed by atoms with van der Waals surface area (Å²) in [4.78, 5) is 1.38. The second-order valence-corrected chi connectivity index (χ2v) is 5.27. The maximum absolute atomic E-state index is 3.93. The molecule has 0 bridgehead atoms. The van der Waals surface area contributed by atoms with Gasteiger partial charge in [-0.1, -0.05) is 5.57 Å². The molecule has 0 spiro atoms. The van der Waals surface area contributed by atoms with Crippen LogP contribution in [0, 0.1) is 0 Å². The zero-order chi connectivity index (χ0) is 10.6. The van der Waals surface area contributed by atoms with Crippen molar-refractivity contribution >= 4 is 27.3 Å². The molecule has 1 heterocycles. The van der Waals surface area contributed by atoms with E-state index in [1.54, 1.807) is 11.3 Å². The molecule has 1 aromatic rings. The van der Waals surface area contributed by atoms with Gasteiger partial charge in [0.25, 0.3) is 0 Å². The average molecular weight is 274 g/mol. The third-order valence-corrected chi connectivity index (χ3v) is 4.15. The summed E-state index contributed by atoms with van der Waals surface area (Å²) < 4.78 is 1.21.